The fraction of sp³-hybridized carbons (Fsp3) is 0.355. The summed E-state index contributed by atoms with van der Waals surface area (Å²) in [5, 5.41) is 13.2. The Morgan fingerprint density at radius 3 is 2.50 bits per heavy atom. The highest BCUT2D eigenvalue weighted by Crippen LogP contribution is 2.30. The van der Waals surface area contributed by atoms with Crippen LogP contribution < -0.4 is 10.1 Å². The largest absolute Gasteiger partial charge is 0.488 e. The first-order chi connectivity index (χ1) is 20.0. The highest BCUT2D eigenvalue weighted by molar-refractivity contribution is 7.89. The number of aliphatic hydroxyl groups is 1. The molecule has 0 radical (unpaired) electrons. The molecule has 0 unspecified atom stereocenters. The Morgan fingerprint density at radius 2 is 1.83 bits per heavy atom. The fourth-order valence-electron chi connectivity index (χ4n) is 4.85. The number of anilines is 1. The van der Waals surface area contributed by atoms with Crippen LogP contribution in [-0.4, -0.2) is 73.4 Å². The zero-order valence-electron chi connectivity index (χ0n) is 23.9. The second-order valence-electron chi connectivity index (χ2n) is 10.7. The summed E-state index contributed by atoms with van der Waals surface area (Å²) >= 11 is 5.95. The lowest BCUT2D eigenvalue weighted by Gasteiger charge is -2.33. The molecular weight excluding hydrogens is 578 g/mol. The summed E-state index contributed by atoms with van der Waals surface area (Å²) in [5.41, 5.74) is 1.94. The van der Waals surface area contributed by atoms with Crippen molar-refractivity contribution in [2.45, 2.75) is 43.7 Å². The summed E-state index contributed by atoms with van der Waals surface area (Å²) in [4.78, 5) is 27.9. The number of hydrogen-bond acceptors (Lipinski definition) is 6. The molecular formula is C31H36ClN3O6S. The van der Waals surface area contributed by atoms with Gasteiger partial charge in [-0.25, -0.2) is 8.42 Å². The minimum atomic E-state index is -3.85. The molecule has 3 atom stereocenters. The molecule has 11 heteroatoms. The standard InChI is InChI=1S/C31H36ClN3O6S/c1-21-18-35(22(2)20-36)31(38)17-24-16-26(33-30(37)15-23-7-5-4-6-8-23)11-14-28(24)41-29(21)19-34(3)42(39,40)27-12-9-25(32)10-13-27/h4-14,16,21-22,29,36H,15,17-20H2,1-3H3,(H,33,37)/t21-,22+,29+/m0/s1. The Hall–Kier alpha value is -3.44. The smallest absolute Gasteiger partial charge is 0.242 e. The van der Waals surface area contributed by atoms with Crippen LogP contribution in [0.25, 0.3) is 0 Å². The van der Waals surface area contributed by atoms with Gasteiger partial charge >= 0.3 is 0 Å². The van der Waals surface area contributed by atoms with E-state index in [1.54, 1.807) is 30.0 Å². The summed E-state index contributed by atoms with van der Waals surface area (Å²) in [5.74, 6) is -0.268. The van der Waals surface area contributed by atoms with Crippen molar-refractivity contribution >= 4 is 39.1 Å². The zero-order chi connectivity index (χ0) is 30.4. The van der Waals surface area contributed by atoms with E-state index in [1.165, 1.54) is 35.6 Å². The maximum absolute atomic E-state index is 13.5. The number of fused-ring (bicyclic) bond motifs is 1. The van der Waals surface area contributed by atoms with Gasteiger partial charge in [-0.3, -0.25) is 9.59 Å². The number of nitrogens with one attached hydrogen (secondary N) is 1. The van der Waals surface area contributed by atoms with E-state index in [0.717, 1.165) is 5.56 Å². The van der Waals surface area contributed by atoms with E-state index in [4.69, 9.17) is 16.3 Å². The van der Waals surface area contributed by atoms with Crippen molar-refractivity contribution in [2.75, 3.05) is 32.1 Å². The predicted octanol–water partition coefficient (Wildman–Crippen LogP) is 3.99. The van der Waals surface area contributed by atoms with Gasteiger partial charge in [0.15, 0.2) is 0 Å². The van der Waals surface area contributed by atoms with Crippen LogP contribution >= 0.6 is 11.6 Å². The van der Waals surface area contributed by atoms with E-state index in [0.29, 0.717) is 22.0 Å². The van der Waals surface area contributed by atoms with Gasteiger partial charge in [0.2, 0.25) is 21.8 Å². The third kappa shape index (κ3) is 7.69. The summed E-state index contributed by atoms with van der Waals surface area (Å²) in [6.07, 6.45) is -0.447. The number of benzene rings is 3. The van der Waals surface area contributed by atoms with Crippen LogP contribution in [0, 0.1) is 5.92 Å². The maximum Gasteiger partial charge on any atom is 0.242 e. The monoisotopic (exact) mass is 613 g/mol. The molecule has 9 nitrogen and oxygen atoms in total. The Kier molecular flexibility index (Phi) is 10.3. The molecule has 3 aromatic carbocycles. The molecule has 0 spiro atoms. The normalized spacial score (nSPS) is 18.3. The van der Waals surface area contributed by atoms with E-state index in [9.17, 15) is 23.1 Å². The van der Waals surface area contributed by atoms with Crippen molar-refractivity contribution in [2.24, 2.45) is 5.92 Å². The van der Waals surface area contributed by atoms with Crippen LogP contribution in [0.5, 0.6) is 5.75 Å². The molecule has 0 aliphatic carbocycles. The first-order valence-electron chi connectivity index (χ1n) is 13.7. The molecule has 4 rings (SSSR count). The number of rotatable bonds is 9. The van der Waals surface area contributed by atoms with E-state index in [2.05, 4.69) is 5.32 Å². The Morgan fingerprint density at radius 1 is 1.14 bits per heavy atom. The lowest BCUT2D eigenvalue weighted by atomic mass is 10.0. The highest BCUT2D eigenvalue weighted by Gasteiger charge is 2.33. The second-order valence-corrected chi connectivity index (χ2v) is 13.1. The number of carbonyl (C=O) groups is 2. The van der Waals surface area contributed by atoms with Crippen LogP contribution in [0.2, 0.25) is 5.02 Å². The third-order valence-corrected chi connectivity index (χ3v) is 9.46. The van der Waals surface area contributed by atoms with Crippen LogP contribution in [-0.2, 0) is 32.5 Å². The van der Waals surface area contributed by atoms with Gasteiger partial charge in [0.1, 0.15) is 11.9 Å². The molecule has 0 aromatic heterocycles. The van der Waals surface area contributed by atoms with Gasteiger partial charge < -0.3 is 20.1 Å². The van der Waals surface area contributed by atoms with Gasteiger partial charge in [0, 0.05) is 35.8 Å². The predicted molar refractivity (Wildman–Crippen MR) is 162 cm³/mol. The number of aliphatic hydroxyl groups excluding tert-OH is 1. The third-order valence-electron chi connectivity index (χ3n) is 7.37. The SMILES string of the molecule is C[C@H](CO)N1C[C@H](C)[C@@H](CN(C)S(=O)(=O)c2ccc(Cl)cc2)Oc2ccc(NC(=O)Cc3ccccc3)cc2CC1=O. The summed E-state index contributed by atoms with van der Waals surface area (Å²) in [7, 11) is -2.37. The molecule has 1 aliphatic heterocycles. The van der Waals surface area contributed by atoms with Gasteiger partial charge in [-0.05, 0) is 55.0 Å². The van der Waals surface area contributed by atoms with Gasteiger partial charge in [-0.2, -0.15) is 4.31 Å². The van der Waals surface area contributed by atoms with Crippen molar-refractivity contribution in [3.05, 3.63) is 88.9 Å². The van der Waals surface area contributed by atoms with E-state index in [1.807, 2.05) is 37.3 Å². The lowest BCUT2D eigenvalue weighted by Crippen LogP contribution is -2.48. The fourth-order valence-corrected chi connectivity index (χ4v) is 6.16. The minimum Gasteiger partial charge on any atom is -0.488 e. The molecule has 2 N–H and O–H groups in total. The van der Waals surface area contributed by atoms with E-state index < -0.39 is 22.2 Å². The maximum atomic E-state index is 13.5. The van der Waals surface area contributed by atoms with Gasteiger partial charge in [0.05, 0.1) is 36.9 Å². The van der Waals surface area contributed by atoms with Crippen molar-refractivity contribution in [1.29, 1.82) is 0 Å². The topological polar surface area (TPSA) is 116 Å². The number of likely N-dealkylation sites (N-methyl/N-ethyl adjacent to an activating group) is 1. The Bertz CT molecular complexity index is 1500. The van der Waals surface area contributed by atoms with Crippen LogP contribution in [0.3, 0.4) is 0 Å². The average Bonchev–Trinajstić information content (AvgIpc) is 3.00. The van der Waals surface area contributed by atoms with Crippen molar-refractivity contribution in [3.8, 4) is 5.75 Å². The second kappa shape index (κ2) is 13.7. The molecule has 0 fully saturated rings. The molecule has 224 valence electrons. The van der Waals surface area contributed by atoms with Crippen molar-refractivity contribution in [1.82, 2.24) is 9.21 Å². The lowest BCUT2D eigenvalue weighted by molar-refractivity contribution is -0.134. The van der Waals surface area contributed by atoms with Crippen LogP contribution in [0.4, 0.5) is 5.69 Å². The van der Waals surface area contributed by atoms with E-state index >= 15 is 0 Å². The molecule has 0 bridgehead atoms. The van der Waals surface area contributed by atoms with Gasteiger partial charge in [0.25, 0.3) is 0 Å². The number of amides is 2. The Balaban J connectivity index is 1.62. The molecule has 2 amide bonds. The molecule has 1 heterocycles. The highest BCUT2D eigenvalue weighted by atomic mass is 35.5. The Labute approximate surface area is 252 Å². The van der Waals surface area contributed by atoms with Crippen LogP contribution in [0.15, 0.2) is 77.7 Å². The molecule has 42 heavy (non-hydrogen) atoms. The summed E-state index contributed by atoms with van der Waals surface area (Å²) in [6.45, 7) is 3.69. The molecule has 0 saturated heterocycles. The number of carbonyl (C=O) groups excluding carboxylic acids is 2. The number of hydrogen-bond donors (Lipinski definition) is 2. The van der Waals surface area contributed by atoms with E-state index in [-0.39, 0.29) is 55.2 Å². The van der Waals surface area contributed by atoms with Crippen molar-refractivity contribution in [3.63, 3.8) is 0 Å². The molecule has 3 aromatic rings. The number of ether oxygens (including phenoxy) is 1. The van der Waals surface area contributed by atoms with Crippen molar-refractivity contribution < 1.29 is 27.9 Å². The first-order valence-corrected chi connectivity index (χ1v) is 15.5. The summed E-state index contributed by atoms with van der Waals surface area (Å²) < 4.78 is 34.3. The van der Waals surface area contributed by atoms with Crippen LogP contribution in [0.1, 0.15) is 25.0 Å². The number of halogens is 1. The number of sulfonamides is 1. The average molecular weight is 614 g/mol. The summed E-state index contributed by atoms with van der Waals surface area (Å²) in [6, 6.07) is 20.0. The van der Waals surface area contributed by atoms with Gasteiger partial charge in [-0.15, -0.1) is 0 Å². The minimum absolute atomic E-state index is 0.0106. The zero-order valence-corrected chi connectivity index (χ0v) is 25.4. The molecule has 0 saturated carbocycles. The van der Waals surface area contributed by atoms with Gasteiger partial charge in [-0.1, -0.05) is 48.9 Å². The quantitative estimate of drug-likeness (QED) is 0.377. The molecule has 1 aliphatic rings. The first kappa shape index (κ1) is 31.5. The number of nitrogens with zero attached hydrogens (tertiary/aromatic N) is 2.